The SMILES string of the molecule is CCSC(C)CC(C)(NC1CC1)C(N)=O. The number of hydrogen-bond acceptors (Lipinski definition) is 3. The lowest BCUT2D eigenvalue weighted by molar-refractivity contribution is -0.124. The number of carbonyl (C=O) groups excluding carboxylic acids is 1. The highest BCUT2D eigenvalue weighted by Gasteiger charge is 2.37. The van der Waals surface area contributed by atoms with E-state index in [1.54, 1.807) is 0 Å². The van der Waals surface area contributed by atoms with E-state index in [0.29, 0.717) is 11.3 Å². The summed E-state index contributed by atoms with van der Waals surface area (Å²) in [4.78, 5) is 11.5. The van der Waals surface area contributed by atoms with Crippen LogP contribution in [0.3, 0.4) is 0 Å². The van der Waals surface area contributed by atoms with E-state index in [1.165, 1.54) is 12.8 Å². The monoisotopic (exact) mass is 230 g/mol. The molecule has 0 aliphatic heterocycles. The van der Waals surface area contributed by atoms with E-state index >= 15 is 0 Å². The fourth-order valence-corrected chi connectivity index (χ4v) is 2.85. The molecule has 3 N–H and O–H groups in total. The Kier molecular flexibility index (Phi) is 4.46. The Bertz CT molecular complexity index is 231. The fourth-order valence-electron chi connectivity index (χ4n) is 1.83. The Morgan fingerprint density at radius 3 is 2.67 bits per heavy atom. The zero-order chi connectivity index (χ0) is 11.5. The minimum atomic E-state index is -0.525. The highest BCUT2D eigenvalue weighted by Crippen LogP contribution is 2.27. The molecule has 1 rings (SSSR count). The Morgan fingerprint density at radius 1 is 1.67 bits per heavy atom. The van der Waals surface area contributed by atoms with Crippen LogP contribution in [-0.4, -0.2) is 28.5 Å². The molecule has 1 aliphatic carbocycles. The molecule has 4 heteroatoms. The van der Waals surface area contributed by atoms with Gasteiger partial charge in [-0.3, -0.25) is 4.79 Å². The van der Waals surface area contributed by atoms with Crippen LogP contribution in [0.5, 0.6) is 0 Å². The van der Waals surface area contributed by atoms with Crippen LogP contribution in [0.4, 0.5) is 0 Å². The van der Waals surface area contributed by atoms with Crippen molar-refractivity contribution in [3.63, 3.8) is 0 Å². The van der Waals surface area contributed by atoms with E-state index < -0.39 is 5.54 Å². The summed E-state index contributed by atoms with van der Waals surface area (Å²) >= 11 is 1.88. The summed E-state index contributed by atoms with van der Waals surface area (Å²) in [7, 11) is 0. The van der Waals surface area contributed by atoms with Crippen molar-refractivity contribution in [3.8, 4) is 0 Å². The molecule has 0 aromatic heterocycles. The second-order valence-electron chi connectivity index (χ2n) is 4.59. The first kappa shape index (κ1) is 12.8. The third kappa shape index (κ3) is 4.03. The first-order chi connectivity index (χ1) is 6.98. The van der Waals surface area contributed by atoms with E-state index in [-0.39, 0.29) is 5.91 Å². The Morgan fingerprint density at radius 2 is 2.27 bits per heavy atom. The van der Waals surface area contributed by atoms with Gasteiger partial charge in [-0.15, -0.1) is 0 Å². The molecular weight excluding hydrogens is 208 g/mol. The summed E-state index contributed by atoms with van der Waals surface area (Å²) in [5.74, 6) is 0.859. The third-order valence-electron chi connectivity index (χ3n) is 2.79. The van der Waals surface area contributed by atoms with Crippen LogP contribution in [0.25, 0.3) is 0 Å². The molecule has 1 amide bonds. The van der Waals surface area contributed by atoms with Crippen LogP contribution in [0, 0.1) is 0 Å². The van der Waals surface area contributed by atoms with Gasteiger partial charge in [-0.2, -0.15) is 11.8 Å². The van der Waals surface area contributed by atoms with E-state index in [0.717, 1.165) is 12.2 Å². The summed E-state index contributed by atoms with van der Waals surface area (Å²) in [5, 5.41) is 3.84. The predicted molar refractivity (Wildman–Crippen MR) is 66.0 cm³/mol. The maximum atomic E-state index is 11.5. The highest BCUT2D eigenvalue weighted by molar-refractivity contribution is 7.99. The first-order valence-corrected chi connectivity index (χ1v) is 6.72. The van der Waals surface area contributed by atoms with Gasteiger partial charge < -0.3 is 11.1 Å². The van der Waals surface area contributed by atoms with Crippen molar-refractivity contribution in [1.82, 2.24) is 5.32 Å². The average molecular weight is 230 g/mol. The van der Waals surface area contributed by atoms with Gasteiger partial charge in [0.25, 0.3) is 0 Å². The summed E-state index contributed by atoms with van der Waals surface area (Å²) in [6.07, 6.45) is 3.17. The number of amides is 1. The predicted octanol–water partition coefficient (Wildman–Crippen LogP) is 1.51. The number of hydrogen-bond donors (Lipinski definition) is 2. The van der Waals surface area contributed by atoms with Gasteiger partial charge in [0.05, 0.1) is 5.54 Å². The van der Waals surface area contributed by atoms with Crippen LogP contribution in [0.2, 0.25) is 0 Å². The van der Waals surface area contributed by atoms with Gasteiger partial charge >= 0.3 is 0 Å². The Balaban J connectivity index is 2.50. The topological polar surface area (TPSA) is 55.1 Å². The van der Waals surface area contributed by atoms with Crippen molar-refractivity contribution in [2.45, 2.75) is 56.9 Å². The average Bonchev–Trinajstić information content (AvgIpc) is 2.87. The number of rotatable bonds is 7. The van der Waals surface area contributed by atoms with Gasteiger partial charge in [0.15, 0.2) is 0 Å². The number of nitrogens with two attached hydrogens (primary N) is 1. The molecule has 1 fully saturated rings. The maximum Gasteiger partial charge on any atom is 0.237 e. The molecule has 0 bridgehead atoms. The Labute approximate surface area is 96.6 Å². The van der Waals surface area contributed by atoms with Crippen molar-refractivity contribution >= 4 is 17.7 Å². The number of nitrogens with one attached hydrogen (secondary N) is 1. The molecule has 2 unspecified atom stereocenters. The van der Waals surface area contributed by atoms with E-state index in [4.69, 9.17) is 5.73 Å². The van der Waals surface area contributed by atoms with Crippen LogP contribution >= 0.6 is 11.8 Å². The van der Waals surface area contributed by atoms with E-state index in [2.05, 4.69) is 19.2 Å². The molecule has 1 aliphatic rings. The van der Waals surface area contributed by atoms with Crippen molar-refractivity contribution < 1.29 is 4.79 Å². The smallest absolute Gasteiger partial charge is 0.237 e. The standard InChI is InChI=1S/C11H22N2OS/c1-4-15-8(2)7-11(3,10(12)14)13-9-5-6-9/h8-9,13H,4-7H2,1-3H3,(H2,12,14). The van der Waals surface area contributed by atoms with Gasteiger partial charge in [0.1, 0.15) is 0 Å². The number of thioether (sulfide) groups is 1. The van der Waals surface area contributed by atoms with E-state index in [1.807, 2.05) is 18.7 Å². The first-order valence-electron chi connectivity index (χ1n) is 5.67. The molecule has 0 heterocycles. The molecule has 1 saturated carbocycles. The number of primary amides is 1. The molecule has 0 radical (unpaired) electrons. The summed E-state index contributed by atoms with van der Waals surface area (Å²) in [6, 6.07) is 0.515. The van der Waals surface area contributed by atoms with Gasteiger partial charge in [-0.05, 0) is 31.9 Å². The van der Waals surface area contributed by atoms with Crippen molar-refractivity contribution in [3.05, 3.63) is 0 Å². The van der Waals surface area contributed by atoms with Gasteiger partial charge in [0.2, 0.25) is 5.91 Å². The molecule has 3 nitrogen and oxygen atoms in total. The Hall–Kier alpha value is -0.220. The van der Waals surface area contributed by atoms with Crippen LogP contribution in [0.1, 0.15) is 40.0 Å². The van der Waals surface area contributed by atoms with Crippen molar-refractivity contribution in [1.29, 1.82) is 0 Å². The van der Waals surface area contributed by atoms with Crippen LogP contribution in [0.15, 0.2) is 0 Å². The van der Waals surface area contributed by atoms with E-state index in [9.17, 15) is 4.79 Å². The molecule has 0 saturated heterocycles. The summed E-state index contributed by atoms with van der Waals surface area (Å²) < 4.78 is 0. The highest BCUT2D eigenvalue weighted by atomic mass is 32.2. The normalized spacial score (nSPS) is 22.1. The lowest BCUT2D eigenvalue weighted by atomic mass is 9.95. The van der Waals surface area contributed by atoms with Gasteiger partial charge in [-0.25, -0.2) is 0 Å². The molecule has 15 heavy (non-hydrogen) atoms. The number of carbonyl (C=O) groups is 1. The fraction of sp³-hybridized carbons (Fsp3) is 0.909. The zero-order valence-electron chi connectivity index (χ0n) is 9.88. The molecule has 2 atom stereocenters. The lowest BCUT2D eigenvalue weighted by Crippen LogP contribution is -2.55. The minimum absolute atomic E-state index is 0.224. The van der Waals surface area contributed by atoms with Gasteiger partial charge in [-0.1, -0.05) is 13.8 Å². The van der Waals surface area contributed by atoms with Gasteiger partial charge in [0, 0.05) is 11.3 Å². The molecule has 0 aromatic carbocycles. The van der Waals surface area contributed by atoms with Crippen molar-refractivity contribution in [2.75, 3.05) is 5.75 Å². The second-order valence-corrected chi connectivity index (χ2v) is 6.30. The molecule has 0 aromatic rings. The minimum Gasteiger partial charge on any atom is -0.368 e. The quantitative estimate of drug-likeness (QED) is 0.697. The largest absolute Gasteiger partial charge is 0.368 e. The summed E-state index contributed by atoms with van der Waals surface area (Å²) in [6.45, 7) is 6.22. The molecular formula is C11H22N2OS. The lowest BCUT2D eigenvalue weighted by Gasteiger charge is -2.30. The maximum absolute atomic E-state index is 11.5. The third-order valence-corrected chi connectivity index (χ3v) is 3.86. The second kappa shape index (κ2) is 5.21. The summed E-state index contributed by atoms with van der Waals surface area (Å²) in [5.41, 5.74) is 4.96. The molecule has 0 spiro atoms. The van der Waals surface area contributed by atoms with Crippen LogP contribution < -0.4 is 11.1 Å². The van der Waals surface area contributed by atoms with Crippen LogP contribution in [-0.2, 0) is 4.79 Å². The zero-order valence-corrected chi connectivity index (χ0v) is 10.7. The molecule has 88 valence electrons. The van der Waals surface area contributed by atoms with Crippen molar-refractivity contribution in [2.24, 2.45) is 5.73 Å².